The Morgan fingerprint density at radius 2 is 2.14 bits per heavy atom. The van der Waals surface area contributed by atoms with Gasteiger partial charge in [-0.3, -0.25) is 4.79 Å². The Hall–Kier alpha value is -1.68. The summed E-state index contributed by atoms with van der Waals surface area (Å²) < 4.78 is 1.15. The number of carbonyl (C=O) groups excluding carboxylic acids is 1. The van der Waals surface area contributed by atoms with Crippen molar-refractivity contribution in [1.82, 2.24) is 10.3 Å². The molecule has 3 rings (SSSR count). The van der Waals surface area contributed by atoms with Crippen LogP contribution in [0.1, 0.15) is 37.6 Å². The van der Waals surface area contributed by atoms with Gasteiger partial charge in [-0.05, 0) is 37.0 Å². The van der Waals surface area contributed by atoms with Crippen molar-refractivity contribution in [3.63, 3.8) is 0 Å². The average Bonchev–Trinajstić information content (AvgIpc) is 2.90. The van der Waals surface area contributed by atoms with E-state index in [0.717, 1.165) is 21.6 Å². The predicted octanol–water partition coefficient (Wildman–Crippen LogP) is 4.00. The van der Waals surface area contributed by atoms with Crippen molar-refractivity contribution < 1.29 is 4.79 Å². The van der Waals surface area contributed by atoms with Crippen molar-refractivity contribution in [2.45, 2.75) is 38.6 Å². The zero-order valence-corrected chi connectivity index (χ0v) is 13.0. The number of fused-ring (bicyclic) bond motifs is 1. The Balaban J connectivity index is 1.63. The first-order valence-corrected chi connectivity index (χ1v) is 8.38. The maximum atomic E-state index is 12.0. The molecule has 1 aliphatic rings. The Labute approximate surface area is 129 Å². The Morgan fingerprint density at radius 3 is 2.95 bits per heavy atom. The Morgan fingerprint density at radius 1 is 1.33 bits per heavy atom. The fourth-order valence-electron chi connectivity index (χ4n) is 2.87. The molecule has 0 spiro atoms. The van der Waals surface area contributed by atoms with Gasteiger partial charge in [0.2, 0.25) is 5.91 Å². The molecule has 21 heavy (non-hydrogen) atoms. The Bertz CT molecular complexity index is 629. The van der Waals surface area contributed by atoms with E-state index in [-0.39, 0.29) is 5.91 Å². The molecule has 2 aromatic rings. The first-order chi connectivity index (χ1) is 10.2. The minimum atomic E-state index is -0.00648. The number of aromatic nitrogens is 1. The average molecular weight is 300 g/mol. The lowest BCUT2D eigenvalue weighted by molar-refractivity contribution is -0.117. The van der Waals surface area contributed by atoms with Crippen LogP contribution in [-0.4, -0.2) is 16.9 Å². The molecule has 1 heterocycles. The number of rotatable bonds is 3. The zero-order valence-electron chi connectivity index (χ0n) is 12.2. The summed E-state index contributed by atoms with van der Waals surface area (Å²) in [6.07, 6.45) is 8.24. The molecule has 1 fully saturated rings. The molecule has 4 heteroatoms. The standard InChI is InChI=1S/C17H20N2OS/c1-12-6-2-3-7-13(12)18-16(20)10-11-17-19-14-8-4-5-9-15(14)21-17/h4-5,8-13H,2-3,6-7H2,1H3,(H,18,20)/b11-10+/t12-,13+/m0/s1. The molecule has 0 unspecified atom stereocenters. The van der Waals surface area contributed by atoms with Crippen LogP contribution >= 0.6 is 11.3 Å². The fourth-order valence-corrected chi connectivity index (χ4v) is 3.74. The van der Waals surface area contributed by atoms with E-state index >= 15 is 0 Å². The van der Waals surface area contributed by atoms with Crippen LogP contribution in [0.2, 0.25) is 0 Å². The van der Waals surface area contributed by atoms with Gasteiger partial charge in [0.15, 0.2) is 0 Å². The van der Waals surface area contributed by atoms with Crippen LogP contribution in [0.5, 0.6) is 0 Å². The van der Waals surface area contributed by atoms with Crippen LogP contribution < -0.4 is 5.32 Å². The normalized spacial score (nSPS) is 22.7. The van der Waals surface area contributed by atoms with E-state index in [1.165, 1.54) is 19.3 Å². The number of nitrogens with zero attached hydrogens (tertiary/aromatic N) is 1. The monoisotopic (exact) mass is 300 g/mol. The van der Waals surface area contributed by atoms with Crippen LogP contribution in [0, 0.1) is 5.92 Å². The third-order valence-corrected chi connectivity index (χ3v) is 5.13. The van der Waals surface area contributed by atoms with E-state index in [4.69, 9.17) is 0 Å². The second kappa shape index (κ2) is 6.39. The molecule has 1 aromatic carbocycles. The summed E-state index contributed by atoms with van der Waals surface area (Å²) in [5.41, 5.74) is 0.989. The minimum Gasteiger partial charge on any atom is -0.350 e. The molecule has 1 amide bonds. The number of carbonyl (C=O) groups is 1. The highest BCUT2D eigenvalue weighted by Gasteiger charge is 2.21. The van der Waals surface area contributed by atoms with Crippen LogP contribution in [-0.2, 0) is 4.79 Å². The number of amides is 1. The largest absolute Gasteiger partial charge is 0.350 e. The van der Waals surface area contributed by atoms with E-state index in [2.05, 4.69) is 17.2 Å². The van der Waals surface area contributed by atoms with Crippen molar-refractivity contribution in [2.75, 3.05) is 0 Å². The van der Waals surface area contributed by atoms with E-state index < -0.39 is 0 Å². The third-order valence-electron chi connectivity index (χ3n) is 4.13. The summed E-state index contributed by atoms with van der Waals surface area (Å²) in [4.78, 5) is 16.5. The molecule has 110 valence electrons. The highest BCUT2D eigenvalue weighted by atomic mass is 32.1. The van der Waals surface area contributed by atoms with Crippen LogP contribution in [0.4, 0.5) is 0 Å². The van der Waals surface area contributed by atoms with Gasteiger partial charge >= 0.3 is 0 Å². The van der Waals surface area contributed by atoms with E-state index in [9.17, 15) is 4.79 Å². The van der Waals surface area contributed by atoms with Crippen molar-refractivity contribution in [3.8, 4) is 0 Å². The molecule has 0 saturated heterocycles. The minimum absolute atomic E-state index is 0.00648. The van der Waals surface area contributed by atoms with Gasteiger partial charge in [-0.2, -0.15) is 0 Å². The third kappa shape index (κ3) is 3.50. The maximum Gasteiger partial charge on any atom is 0.244 e. The molecule has 2 atom stereocenters. The molecule has 0 bridgehead atoms. The highest BCUT2D eigenvalue weighted by molar-refractivity contribution is 7.19. The second-order valence-electron chi connectivity index (χ2n) is 5.73. The lowest BCUT2D eigenvalue weighted by Crippen LogP contribution is -2.40. The molecule has 0 aliphatic heterocycles. The summed E-state index contributed by atoms with van der Waals surface area (Å²) >= 11 is 1.61. The number of thiazole rings is 1. The van der Waals surface area contributed by atoms with Crippen molar-refractivity contribution >= 4 is 33.5 Å². The van der Waals surface area contributed by atoms with Crippen LogP contribution in [0.25, 0.3) is 16.3 Å². The summed E-state index contributed by atoms with van der Waals surface area (Å²) in [5.74, 6) is 0.576. The molecule has 1 saturated carbocycles. The Kier molecular flexibility index (Phi) is 4.34. The molecule has 0 radical (unpaired) electrons. The van der Waals surface area contributed by atoms with Gasteiger partial charge in [0.1, 0.15) is 5.01 Å². The van der Waals surface area contributed by atoms with Gasteiger partial charge in [-0.15, -0.1) is 11.3 Å². The van der Waals surface area contributed by atoms with Gasteiger partial charge in [0, 0.05) is 12.1 Å². The van der Waals surface area contributed by atoms with E-state index in [1.807, 2.05) is 30.3 Å². The van der Waals surface area contributed by atoms with Crippen molar-refractivity contribution in [3.05, 3.63) is 35.3 Å². The molecular formula is C17H20N2OS. The van der Waals surface area contributed by atoms with Crippen molar-refractivity contribution in [1.29, 1.82) is 0 Å². The first kappa shape index (κ1) is 14.3. The maximum absolute atomic E-state index is 12.0. The van der Waals surface area contributed by atoms with Crippen LogP contribution in [0.15, 0.2) is 30.3 Å². The van der Waals surface area contributed by atoms with E-state index in [0.29, 0.717) is 12.0 Å². The van der Waals surface area contributed by atoms with Gasteiger partial charge < -0.3 is 5.32 Å². The molecule has 1 aromatic heterocycles. The smallest absolute Gasteiger partial charge is 0.244 e. The molecule has 1 N–H and O–H groups in total. The van der Waals surface area contributed by atoms with Gasteiger partial charge in [0.05, 0.1) is 10.2 Å². The lowest BCUT2D eigenvalue weighted by atomic mass is 9.86. The summed E-state index contributed by atoms with van der Waals surface area (Å²) in [7, 11) is 0. The second-order valence-corrected chi connectivity index (χ2v) is 6.79. The number of para-hydroxylation sites is 1. The lowest BCUT2D eigenvalue weighted by Gasteiger charge is -2.29. The van der Waals surface area contributed by atoms with Gasteiger partial charge in [-0.25, -0.2) is 4.98 Å². The number of hydrogen-bond acceptors (Lipinski definition) is 3. The number of nitrogens with one attached hydrogen (secondary N) is 1. The molecular weight excluding hydrogens is 280 g/mol. The number of hydrogen-bond donors (Lipinski definition) is 1. The highest BCUT2D eigenvalue weighted by Crippen LogP contribution is 2.24. The fraction of sp³-hybridized carbons (Fsp3) is 0.412. The first-order valence-electron chi connectivity index (χ1n) is 7.56. The van der Waals surface area contributed by atoms with E-state index in [1.54, 1.807) is 17.4 Å². The molecule has 3 nitrogen and oxygen atoms in total. The number of benzene rings is 1. The summed E-state index contributed by atoms with van der Waals surface area (Å²) in [5, 5.41) is 4.00. The van der Waals surface area contributed by atoms with Gasteiger partial charge in [-0.1, -0.05) is 31.9 Å². The quantitative estimate of drug-likeness (QED) is 0.870. The summed E-state index contributed by atoms with van der Waals surface area (Å²) in [6.45, 7) is 2.22. The van der Waals surface area contributed by atoms with Gasteiger partial charge in [0.25, 0.3) is 0 Å². The molecule has 1 aliphatic carbocycles. The SMILES string of the molecule is C[C@H]1CCCC[C@H]1NC(=O)/C=C/c1nc2ccccc2s1. The predicted molar refractivity (Wildman–Crippen MR) is 88.2 cm³/mol. The summed E-state index contributed by atoms with van der Waals surface area (Å²) in [6, 6.07) is 8.35. The topological polar surface area (TPSA) is 42.0 Å². The van der Waals surface area contributed by atoms with Crippen molar-refractivity contribution in [2.24, 2.45) is 5.92 Å². The zero-order chi connectivity index (χ0) is 14.7. The van der Waals surface area contributed by atoms with Crippen LogP contribution in [0.3, 0.4) is 0 Å².